The first-order valence-corrected chi connectivity index (χ1v) is 5.97. The average Bonchev–Trinajstić information content (AvgIpc) is 2.59. The molecule has 1 heterocycles. The molecule has 5 heteroatoms. The molecule has 0 spiro atoms. The minimum Gasteiger partial charge on any atom is -0.354 e. The molecular weight excluding hydrogens is 206 g/mol. The van der Waals surface area contributed by atoms with Crippen LogP contribution in [0.4, 0.5) is 0 Å². The van der Waals surface area contributed by atoms with E-state index in [1.54, 1.807) is 4.90 Å². The summed E-state index contributed by atoms with van der Waals surface area (Å²) in [7, 11) is 0. The molecule has 0 radical (unpaired) electrons. The van der Waals surface area contributed by atoms with Gasteiger partial charge in [0, 0.05) is 26.1 Å². The second-order valence-electron chi connectivity index (χ2n) is 4.76. The van der Waals surface area contributed by atoms with E-state index in [0.29, 0.717) is 26.1 Å². The van der Waals surface area contributed by atoms with Gasteiger partial charge in [-0.2, -0.15) is 0 Å². The van der Waals surface area contributed by atoms with Crippen molar-refractivity contribution < 1.29 is 9.59 Å². The SMILES string of the molecule is NC1(C(=O)N2CCNC(=O)CC2)CCCC1. The van der Waals surface area contributed by atoms with Crippen molar-refractivity contribution in [1.29, 1.82) is 0 Å². The molecule has 0 unspecified atom stereocenters. The summed E-state index contributed by atoms with van der Waals surface area (Å²) in [6, 6.07) is 0. The molecule has 0 aromatic rings. The summed E-state index contributed by atoms with van der Waals surface area (Å²) in [6.45, 7) is 1.63. The second kappa shape index (κ2) is 4.41. The largest absolute Gasteiger partial charge is 0.354 e. The third-order valence-electron chi connectivity index (χ3n) is 3.52. The molecule has 2 fully saturated rings. The van der Waals surface area contributed by atoms with E-state index in [9.17, 15) is 9.59 Å². The number of carbonyl (C=O) groups is 2. The van der Waals surface area contributed by atoms with Crippen LogP contribution in [0.2, 0.25) is 0 Å². The molecular formula is C11H19N3O2. The molecule has 2 amide bonds. The lowest BCUT2D eigenvalue weighted by molar-refractivity contribution is -0.136. The smallest absolute Gasteiger partial charge is 0.242 e. The Morgan fingerprint density at radius 2 is 2.00 bits per heavy atom. The van der Waals surface area contributed by atoms with Gasteiger partial charge in [0.25, 0.3) is 0 Å². The van der Waals surface area contributed by atoms with E-state index in [4.69, 9.17) is 5.73 Å². The third kappa shape index (κ3) is 2.19. The third-order valence-corrected chi connectivity index (χ3v) is 3.52. The minimum atomic E-state index is -0.659. The van der Waals surface area contributed by atoms with Gasteiger partial charge >= 0.3 is 0 Å². The van der Waals surface area contributed by atoms with Gasteiger partial charge in [0.15, 0.2) is 0 Å². The lowest BCUT2D eigenvalue weighted by Gasteiger charge is -2.30. The van der Waals surface area contributed by atoms with Crippen molar-refractivity contribution >= 4 is 11.8 Å². The van der Waals surface area contributed by atoms with Gasteiger partial charge in [-0.15, -0.1) is 0 Å². The number of hydrogen-bond acceptors (Lipinski definition) is 3. The van der Waals surface area contributed by atoms with Crippen molar-refractivity contribution in [3.63, 3.8) is 0 Å². The lowest BCUT2D eigenvalue weighted by atomic mass is 9.97. The fourth-order valence-corrected chi connectivity index (χ4v) is 2.50. The molecule has 0 atom stereocenters. The number of carbonyl (C=O) groups excluding carboxylic acids is 2. The van der Waals surface area contributed by atoms with E-state index in [-0.39, 0.29) is 11.8 Å². The molecule has 2 aliphatic rings. The molecule has 0 aromatic heterocycles. The van der Waals surface area contributed by atoms with Gasteiger partial charge < -0.3 is 16.0 Å². The zero-order chi connectivity index (χ0) is 11.6. The van der Waals surface area contributed by atoms with Crippen molar-refractivity contribution in [3.8, 4) is 0 Å². The molecule has 90 valence electrons. The van der Waals surface area contributed by atoms with Crippen molar-refractivity contribution in [2.24, 2.45) is 5.73 Å². The van der Waals surface area contributed by atoms with Crippen LogP contribution in [-0.4, -0.2) is 41.9 Å². The van der Waals surface area contributed by atoms with Crippen LogP contribution in [0.25, 0.3) is 0 Å². The van der Waals surface area contributed by atoms with Gasteiger partial charge in [0.1, 0.15) is 0 Å². The average molecular weight is 225 g/mol. The Hall–Kier alpha value is -1.10. The van der Waals surface area contributed by atoms with Crippen molar-refractivity contribution in [1.82, 2.24) is 10.2 Å². The summed E-state index contributed by atoms with van der Waals surface area (Å²) < 4.78 is 0. The highest BCUT2D eigenvalue weighted by Gasteiger charge is 2.40. The maximum atomic E-state index is 12.2. The van der Waals surface area contributed by atoms with E-state index in [0.717, 1.165) is 25.7 Å². The summed E-state index contributed by atoms with van der Waals surface area (Å²) in [5.41, 5.74) is 5.46. The van der Waals surface area contributed by atoms with Gasteiger partial charge in [0.2, 0.25) is 11.8 Å². The normalized spacial score (nSPS) is 25.1. The van der Waals surface area contributed by atoms with Gasteiger partial charge in [-0.05, 0) is 12.8 Å². The Labute approximate surface area is 95.3 Å². The number of rotatable bonds is 1. The maximum Gasteiger partial charge on any atom is 0.242 e. The Morgan fingerprint density at radius 3 is 2.69 bits per heavy atom. The molecule has 0 bridgehead atoms. The molecule has 16 heavy (non-hydrogen) atoms. The van der Waals surface area contributed by atoms with E-state index < -0.39 is 5.54 Å². The topological polar surface area (TPSA) is 75.4 Å². The van der Waals surface area contributed by atoms with E-state index in [1.807, 2.05) is 0 Å². The highest BCUT2D eigenvalue weighted by atomic mass is 16.2. The van der Waals surface area contributed by atoms with E-state index in [2.05, 4.69) is 5.32 Å². The number of nitrogens with zero attached hydrogens (tertiary/aromatic N) is 1. The number of nitrogens with one attached hydrogen (secondary N) is 1. The molecule has 1 saturated carbocycles. The van der Waals surface area contributed by atoms with E-state index >= 15 is 0 Å². The molecule has 3 N–H and O–H groups in total. The van der Waals surface area contributed by atoms with Crippen LogP contribution in [0.3, 0.4) is 0 Å². The Bertz CT molecular complexity index is 298. The van der Waals surface area contributed by atoms with Crippen molar-refractivity contribution in [2.45, 2.75) is 37.6 Å². The highest BCUT2D eigenvalue weighted by Crippen LogP contribution is 2.29. The first kappa shape index (κ1) is 11.4. The first-order valence-electron chi connectivity index (χ1n) is 5.97. The summed E-state index contributed by atoms with van der Waals surface area (Å²) in [5, 5.41) is 2.76. The molecule has 0 aromatic carbocycles. The van der Waals surface area contributed by atoms with Crippen LogP contribution in [0.1, 0.15) is 32.1 Å². The quantitative estimate of drug-likeness (QED) is 0.638. The van der Waals surface area contributed by atoms with Gasteiger partial charge in [0.05, 0.1) is 5.54 Å². The Morgan fingerprint density at radius 1 is 1.31 bits per heavy atom. The van der Waals surface area contributed by atoms with Gasteiger partial charge in [-0.25, -0.2) is 0 Å². The van der Waals surface area contributed by atoms with E-state index in [1.165, 1.54) is 0 Å². The van der Waals surface area contributed by atoms with Crippen molar-refractivity contribution in [3.05, 3.63) is 0 Å². The van der Waals surface area contributed by atoms with Crippen LogP contribution < -0.4 is 11.1 Å². The zero-order valence-corrected chi connectivity index (χ0v) is 9.50. The maximum absolute atomic E-state index is 12.2. The summed E-state index contributed by atoms with van der Waals surface area (Å²) >= 11 is 0. The molecule has 1 saturated heterocycles. The molecule has 5 nitrogen and oxygen atoms in total. The Kier molecular flexibility index (Phi) is 3.14. The summed E-state index contributed by atoms with van der Waals surface area (Å²) in [4.78, 5) is 25.2. The second-order valence-corrected chi connectivity index (χ2v) is 4.76. The zero-order valence-electron chi connectivity index (χ0n) is 9.50. The van der Waals surface area contributed by atoms with Gasteiger partial charge in [-0.1, -0.05) is 12.8 Å². The van der Waals surface area contributed by atoms with Crippen LogP contribution in [0.15, 0.2) is 0 Å². The fraction of sp³-hybridized carbons (Fsp3) is 0.818. The van der Waals surface area contributed by atoms with Crippen LogP contribution in [0, 0.1) is 0 Å². The number of amides is 2. The van der Waals surface area contributed by atoms with Crippen LogP contribution >= 0.6 is 0 Å². The predicted molar refractivity (Wildman–Crippen MR) is 59.6 cm³/mol. The first-order chi connectivity index (χ1) is 7.62. The van der Waals surface area contributed by atoms with Crippen LogP contribution in [-0.2, 0) is 9.59 Å². The molecule has 1 aliphatic heterocycles. The standard InChI is InChI=1S/C11H19N3O2/c12-11(4-1-2-5-11)10(16)14-7-3-9(15)13-6-8-14/h1-8,12H2,(H,13,15). The lowest BCUT2D eigenvalue weighted by Crippen LogP contribution is -2.54. The molecule has 2 rings (SSSR count). The number of nitrogens with two attached hydrogens (primary N) is 1. The van der Waals surface area contributed by atoms with Crippen molar-refractivity contribution in [2.75, 3.05) is 19.6 Å². The van der Waals surface area contributed by atoms with Gasteiger partial charge in [-0.3, -0.25) is 9.59 Å². The number of hydrogen-bond donors (Lipinski definition) is 2. The Balaban J connectivity index is 2.00. The summed E-state index contributed by atoms with van der Waals surface area (Å²) in [5.74, 6) is 0.0503. The van der Waals surface area contributed by atoms with Crippen LogP contribution in [0.5, 0.6) is 0 Å². The summed E-state index contributed by atoms with van der Waals surface area (Å²) in [6.07, 6.45) is 4.02. The minimum absolute atomic E-state index is 0.0211. The monoisotopic (exact) mass is 225 g/mol. The fourth-order valence-electron chi connectivity index (χ4n) is 2.50. The molecule has 1 aliphatic carbocycles. The highest BCUT2D eigenvalue weighted by molar-refractivity contribution is 5.87. The predicted octanol–water partition coefficient (Wildman–Crippen LogP) is -0.394.